The lowest BCUT2D eigenvalue weighted by Crippen LogP contribution is -2.16. The van der Waals surface area contributed by atoms with Gasteiger partial charge < -0.3 is 9.88 Å². The molecule has 20 heavy (non-hydrogen) atoms. The molecule has 1 aromatic carbocycles. The fourth-order valence-electron chi connectivity index (χ4n) is 2.06. The molecule has 1 fully saturated rings. The summed E-state index contributed by atoms with van der Waals surface area (Å²) in [7, 11) is 0. The van der Waals surface area contributed by atoms with Crippen LogP contribution in [0.15, 0.2) is 34.9 Å². The van der Waals surface area contributed by atoms with Crippen LogP contribution in [0, 0.1) is 0 Å². The molecule has 1 heterocycles. The van der Waals surface area contributed by atoms with Crippen molar-refractivity contribution in [3.8, 4) is 0 Å². The molecule has 3 rings (SSSR count). The molecule has 0 radical (unpaired) electrons. The number of benzene rings is 1. The third kappa shape index (κ3) is 2.87. The molecule has 104 valence electrons. The van der Waals surface area contributed by atoms with E-state index in [1.54, 1.807) is 18.2 Å². The average Bonchev–Trinajstić information content (AvgIpc) is 3.16. The van der Waals surface area contributed by atoms with E-state index < -0.39 is 0 Å². The van der Waals surface area contributed by atoms with Gasteiger partial charge in [0.05, 0.1) is 10.7 Å². The average molecular weight is 374 g/mol. The molecule has 0 atom stereocenters. The first-order valence-electron chi connectivity index (χ1n) is 6.18. The smallest absolute Gasteiger partial charge is 0.272 e. The van der Waals surface area contributed by atoms with E-state index in [2.05, 4.69) is 21.2 Å². The van der Waals surface area contributed by atoms with E-state index >= 15 is 0 Å². The molecule has 0 aliphatic heterocycles. The molecule has 6 heteroatoms. The first kappa shape index (κ1) is 14.0. The van der Waals surface area contributed by atoms with E-state index in [4.69, 9.17) is 23.2 Å². The van der Waals surface area contributed by atoms with Gasteiger partial charge in [-0.15, -0.1) is 0 Å². The van der Waals surface area contributed by atoms with Crippen molar-refractivity contribution in [2.75, 3.05) is 5.32 Å². The molecule has 1 amide bonds. The standard InChI is InChI=1S/C14H11BrCl2N2O/c15-8-5-13(19(7-8)10-2-3-10)14(20)18-12-4-1-9(16)6-11(12)17/h1,4-7,10H,2-3H2,(H,18,20). The van der Waals surface area contributed by atoms with Crippen LogP contribution in [0.1, 0.15) is 29.4 Å². The van der Waals surface area contributed by atoms with Gasteiger partial charge in [-0.25, -0.2) is 0 Å². The van der Waals surface area contributed by atoms with Crippen molar-refractivity contribution in [1.82, 2.24) is 4.57 Å². The number of nitrogens with zero attached hydrogens (tertiary/aromatic N) is 1. The van der Waals surface area contributed by atoms with Crippen LogP contribution in [-0.4, -0.2) is 10.5 Å². The molecule has 2 aromatic rings. The normalized spacial score (nSPS) is 14.3. The van der Waals surface area contributed by atoms with Gasteiger partial charge in [-0.3, -0.25) is 4.79 Å². The number of carbonyl (C=O) groups excluding carboxylic acids is 1. The van der Waals surface area contributed by atoms with Crippen LogP contribution >= 0.6 is 39.1 Å². The van der Waals surface area contributed by atoms with Gasteiger partial charge in [0.2, 0.25) is 0 Å². The van der Waals surface area contributed by atoms with Gasteiger partial charge in [-0.2, -0.15) is 0 Å². The highest BCUT2D eigenvalue weighted by molar-refractivity contribution is 9.10. The Hall–Kier alpha value is -0.970. The maximum atomic E-state index is 12.4. The SMILES string of the molecule is O=C(Nc1ccc(Cl)cc1Cl)c1cc(Br)cn1C1CC1. The van der Waals surface area contributed by atoms with E-state index in [1.807, 2.05) is 16.8 Å². The summed E-state index contributed by atoms with van der Waals surface area (Å²) in [5, 5.41) is 3.78. The number of aromatic nitrogens is 1. The summed E-state index contributed by atoms with van der Waals surface area (Å²) in [5.74, 6) is -0.174. The quantitative estimate of drug-likeness (QED) is 0.793. The van der Waals surface area contributed by atoms with Crippen LogP contribution < -0.4 is 5.32 Å². The van der Waals surface area contributed by atoms with Crippen LogP contribution in [0.2, 0.25) is 10.0 Å². The van der Waals surface area contributed by atoms with Gasteiger partial charge in [0.25, 0.3) is 5.91 Å². The molecular formula is C14H11BrCl2N2O. The van der Waals surface area contributed by atoms with E-state index in [-0.39, 0.29) is 5.91 Å². The van der Waals surface area contributed by atoms with Gasteiger partial charge >= 0.3 is 0 Å². The monoisotopic (exact) mass is 372 g/mol. The summed E-state index contributed by atoms with van der Waals surface area (Å²) in [6.07, 6.45) is 4.17. The van der Waals surface area contributed by atoms with Gasteiger partial charge in [0.15, 0.2) is 0 Å². The third-order valence-corrected chi connectivity index (χ3v) is 4.15. The molecule has 0 saturated heterocycles. The fourth-order valence-corrected chi connectivity index (χ4v) is 2.95. The second-order valence-electron chi connectivity index (χ2n) is 4.76. The molecule has 0 spiro atoms. The summed E-state index contributed by atoms with van der Waals surface area (Å²) in [6.45, 7) is 0. The maximum absolute atomic E-state index is 12.4. The molecule has 1 saturated carbocycles. The second kappa shape index (κ2) is 5.43. The minimum atomic E-state index is -0.174. The number of carbonyl (C=O) groups is 1. The lowest BCUT2D eigenvalue weighted by molar-refractivity contribution is 0.101. The number of nitrogens with one attached hydrogen (secondary N) is 1. The van der Waals surface area contributed by atoms with Gasteiger partial charge in [-0.1, -0.05) is 23.2 Å². The zero-order valence-corrected chi connectivity index (χ0v) is 13.5. The Bertz CT molecular complexity index is 680. The second-order valence-corrected chi connectivity index (χ2v) is 6.52. The predicted octanol–water partition coefficient (Wildman–Crippen LogP) is 5.14. The van der Waals surface area contributed by atoms with Crippen molar-refractivity contribution >= 4 is 50.7 Å². The van der Waals surface area contributed by atoms with Crippen LogP contribution in [0.3, 0.4) is 0 Å². The highest BCUT2D eigenvalue weighted by atomic mass is 79.9. The van der Waals surface area contributed by atoms with Crippen LogP contribution in [0.25, 0.3) is 0 Å². The van der Waals surface area contributed by atoms with Crippen molar-refractivity contribution in [3.63, 3.8) is 0 Å². The molecule has 0 bridgehead atoms. The topological polar surface area (TPSA) is 34.0 Å². The van der Waals surface area contributed by atoms with Crippen molar-refractivity contribution in [2.45, 2.75) is 18.9 Å². The zero-order chi connectivity index (χ0) is 14.3. The Morgan fingerprint density at radius 1 is 1.30 bits per heavy atom. The minimum absolute atomic E-state index is 0.174. The van der Waals surface area contributed by atoms with Crippen LogP contribution in [0.4, 0.5) is 5.69 Å². The molecular weight excluding hydrogens is 363 g/mol. The van der Waals surface area contributed by atoms with Gasteiger partial charge in [-0.05, 0) is 53.0 Å². The lowest BCUT2D eigenvalue weighted by atomic mass is 10.3. The predicted molar refractivity (Wildman–Crippen MR) is 84.8 cm³/mol. The lowest BCUT2D eigenvalue weighted by Gasteiger charge is -2.10. The summed E-state index contributed by atoms with van der Waals surface area (Å²) in [4.78, 5) is 12.4. The third-order valence-electron chi connectivity index (χ3n) is 3.17. The largest absolute Gasteiger partial charge is 0.339 e. The van der Waals surface area contributed by atoms with Gasteiger partial charge in [0.1, 0.15) is 5.69 Å². The Balaban J connectivity index is 1.86. The van der Waals surface area contributed by atoms with Crippen LogP contribution in [0.5, 0.6) is 0 Å². The Morgan fingerprint density at radius 2 is 2.05 bits per heavy atom. The summed E-state index contributed by atoms with van der Waals surface area (Å²) in [6, 6.07) is 7.25. The molecule has 3 nitrogen and oxygen atoms in total. The fraction of sp³-hybridized carbons (Fsp3) is 0.214. The molecule has 1 aliphatic rings. The van der Waals surface area contributed by atoms with E-state index in [9.17, 15) is 4.79 Å². The number of halogens is 3. The number of amides is 1. The molecule has 1 N–H and O–H groups in total. The van der Waals surface area contributed by atoms with Crippen molar-refractivity contribution < 1.29 is 4.79 Å². The first-order chi connectivity index (χ1) is 9.54. The van der Waals surface area contributed by atoms with Gasteiger partial charge in [0, 0.05) is 21.7 Å². The molecule has 1 aromatic heterocycles. The Labute approximate surface area is 135 Å². The highest BCUT2D eigenvalue weighted by Gasteiger charge is 2.27. The van der Waals surface area contributed by atoms with E-state index in [0.717, 1.165) is 17.3 Å². The first-order valence-corrected chi connectivity index (χ1v) is 7.73. The number of hydrogen-bond acceptors (Lipinski definition) is 1. The zero-order valence-electron chi connectivity index (χ0n) is 10.4. The summed E-state index contributed by atoms with van der Waals surface area (Å²) >= 11 is 15.3. The summed E-state index contributed by atoms with van der Waals surface area (Å²) in [5.41, 5.74) is 1.19. The van der Waals surface area contributed by atoms with Crippen LogP contribution in [-0.2, 0) is 0 Å². The van der Waals surface area contributed by atoms with E-state index in [1.165, 1.54) is 0 Å². The van der Waals surface area contributed by atoms with Crippen molar-refractivity contribution in [1.29, 1.82) is 0 Å². The number of anilines is 1. The minimum Gasteiger partial charge on any atom is -0.339 e. The Morgan fingerprint density at radius 3 is 2.70 bits per heavy atom. The van der Waals surface area contributed by atoms with Crippen molar-refractivity contribution in [3.05, 3.63) is 50.7 Å². The Kier molecular flexibility index (Phi) is 3.80. The molecule has 0 unspecified atom stereocenters. The van der Waals surface area contributed by atoms with E-state index in [0.29, 0.717) is 27.5 Å². The van der Waals surface area contributed by atoms with Crippen molar-refractivity contribution in [2.24, 2.45) is 0 Å². The number of rotatable bonds is 3. The highest BCUT2D eigenvalue weighted by Crippen LogP contribution is 2.37. The summed E-state index contributed by atoms with van der Waals surface area (Å²) < 4.78 is 2.90. The molecule has 1 aliphatic carbocycles. The number of hydrogen-bond donors (Lipinski definition) is 1. The maximum Gasteiger partial charge on any atom is 0.272 e.